The molecule has 3 aromatic rings. The van der Waals surface area contributed by atoms with Gasteiger partial charge in [-0.15, -0.1) is 0 Å². The fourth-order valence-corrected chi connectivity index (χ4v) is 4.20. The molecule has 1 saturated heterocycles. The maximum atomic E-state index is 7.54. The number of piperidine rings is 1. The Labute approximate surface area is 168 Å². The van der Waals surface area contributed by atoms with Crippen LogP contribution < -0.4 is 15.8 Å². The second-order valence-electron chi connectivity index (χ2n) is 7.00. The summed E-state index contributed by atoms with van der Waals surface area (Å²) in [5, 5.41) is 11.8. The van der Waals surface area contributed by atoms with Crippen LogP contribution in [0.2, 0.25) is 0 Å². The van der Waals surface area contributed by atoms with Gasteiger partial charge in [0.15, 0.2) is 5.16 Å². The molecule has 1 aliphatic rings. The van der Waals surface area contributed by atoms with E-state index in [0.717, 1.165) is 60.0 Å². The molecule has 1 aliphatic heterocycles. The van der Waals surface area contributed by atoms with E-state index in [9.17, 15) is 0 Å². The van der Waals surface area contributed by atoms with Gasteiger partial charge >= 0.3 is 0 Å². The van der Waals surface area contributed by atoms with Crippen LogP contribution in [0, 0.1) is 5.41 Å². The fraction of sp³-hybridized carbons (Fsp3) is 0.333. The topological polar surface area (TPSA) is 99.8 Å². The number of H-pyrrole nitrogens is 1. The molecule has 1 aromatic heterocycles. The Bertz CT molecular complexity index is 947. The van der Waals surface area contributed by atoms with Gasteiger partial charge in [-0.2, -0.15) is 0 Å². The third kappa shape index (κ3) is 4.66. The van der Waals surface area contributed by atoms with E-state index < -0.39 is 0 Å². The highest BCUT2D eigenvalue weighted by Crippen LogP contribution is 2.22. The van der Waals surface area contributed by atoms with Crippen molar-refractivity contribution >= 4 is 28.6 Å². The first-order valence-electron chi connectivity index (χ1n) is 9.61. The van der Waals surface area contributed by atoms with Gasteiger partial charge in [0.2, 0.25) is 0 Å². The molecule has 0 aliphatic carbocycles. The van der Waals surface area contributed by atoms with Crippen molar-refractivity contribution in [3.05, 3.63) is 53.6 Å². The number of benzene rings is 2. The highest BCUT2D eigenvalue weighted by atomic mass is 32.2. The molecular weight excluding hydrogens is 370 g/mol. The summed E-state index contributed by atoms with van der Waals surface area (Å²) in [5.41, 5.74) is 9.36. The summed E-state index contributed by atoms with van der Waals surface area (Å²) in [6.45, 7) is 2.08. The first kappa shape index (κ1) is 18.8. The third-order valence-electron chi connectivity index (χ3n) is 4.91. The Morgan fingerprint density at radius 3 is 2.71 bits per heavy atom. The number of hydrogen-bond acceptors (Lipinski definition) is 5. The first-order chi connectivity index (χ1) is 13.7. The lowest BCUT2D eigenvalue weighted by Crippen LogP contribution is -2.34. The summed E-state index contributed by atoms with van der Waals surface area (Å²) in [7, 11) is 0. The number of aryl methyl sites for hydroxylation is 1. The van der Waals surface area contributed by atoms with E-state index in [0.29, 0.717) is 11.7 Å². The highest BCUT2D eigenvalue weighted by molar-refractivity contribution is 7.99. The molecule has 0 radical (unpaired) electrons. The number of thioether (sulfide) groups is 1. The molecule has 0 bridgehead atoms. The van der Waals surface area contributed by atoms with Gasteiger partial charge in [0.1, 0.15) is 17.7 Å². The first-order valence-corrected chi connectivity index (χ1v) is 10.6. The Morgan fingerprint density at radius 2 is 1.96 bits per heavy atom. The molecule has 0 unspecified atom stereocenters. The molecule has 146 valence electrons. The van der Waals surface area contributed by atoms with Gasteiger partial charge < -0.3 is 20.8 Å². The maximum absolute atomic E-state index is 7.54. The summed E-state index contributed by atoms with van der Waals surface area (Å²) >= 11 is 1.70. The Hall–Kier alpha value is -2.51. The molecule has 0 amide bonds. The highest BCUT2D eigenvalue weighted by Gasteiger charge is 2.14. The molecule has 28 heavy (non-hydrogen) atoms. The Balaban J connectivity index is 1.29. The minimum atomic E-state index is 0.0679. The molecule has 4 rings (SSSR count). The van der Waals surface area contributed by atoms with E-state index in [1.807, 2.05) is 18.2 Å². The molecular formula is C21H25N5OS. The molecule has 7 heteroatoms. The lowest BCUT2D eigenvalue weighted by molar-refractivity contribution is 0.162. The summed E-state index contributed by atoms with van der Waals surface area (Å²) in [6.07, 6.45) is 3.45. The normalized spacial score (nSPS) is 15.0. The standard InChI is InChI=1S/C21H25N5OS/c22-20(23)15-3-6-18-19(13-15)26-21(25-18)28-12-9-14-1-4-16(5-2-14)27-17-7-10-24-11-8-17/h1-6,13,17,24H,7-12H2,(H3,22,23)(H,25,26). The predicted molar refractivity (Wildman–Crippen MR) is 114 cm³/mol. The summed E-state index contributed by atoms with van der Waals surface area (Å²) in [5.74, 6) is 1.97. The van der Waals surface area contributed by atoms with E-state index in [1.54, 1.807) is 11.8 Å². The van der Waals surface area contributed by atoms with E-state index in [1.165, 1.54) is 5.56 Å². The number of nitrogens with zero attached hydrogens (tertiary/aromatic N) is 1. The molecule has 6 nitrogen and oxygen atoms in total. The van der Waals surface area contributed by atoms with Crippen molar-refractivity contribution in [3.63, 3.8) is 0 Å². The van der Waals surface area contributed by atoms with Gasteiger partial charge in [-0.3, -0.25) is 5.41 Å². The van der Waals surface area contributed by atoms with Crippen molar-refractivity contribution in [2.75, 3.05) is 18.8 Å². The van der Waals surface area contributed by atoms with Gasteiger partial charge in [0.05, 0.1) is 11.0 Å². The van der Waals surface area contributed by atoms with Crippen LogP contribution in [0.3, 0.4) is 0 Å². The van der Waals surface area contributed by atoms with Crippen molar-refractivity contribution in [1.82, 2.24) is 15.3 Å². The minimum absolute atomic E-state index is 0.0679. The predicted octanol–water partition coefficient (Wildman–Crippen LogP) is 3.31. The van der Waals surface area contributed by atoms with Crippen molar-refractivity contribution in [1.29, 1.82) is 5.41 Å². The van der Waals surface area contributed by atoms with Gasteiger partial charge in [-0.25, -0.2) is 4.98 Å². The van der Waals surface area contributed by atoms with Gasteiger partial charge in [0, 0.05) is 11.3 Å². The lowest BCUT2D eigenvalue weighted by Gasteiger charge is -2.23. The lowest BCUT2D eigenvalue weighted by atomic mass is 10.1. The molecule has 2 aromatic carbocycles. The van der Waals surface area contributed by atoms with Crippen LogP contribution in [-0.4, -0.2) is 40.7 Å². The number of imidazole rings is 1. The number of rotatable bonds is 7. The molecule has 0 spiro atoms. The van der Waals surface area contributed by atoms with Crippen LogP contribution in [0.4, 0.5) is 0 Å². The number of nitrogens with two attached hydrogens (primary N) is 1. The summed E-state index contributed by atoms with van der Waals surface area (Å²) < 4.78 is 6.06. The summed E-state index contributed by atoms with van der Waals surface area (Å²) in [4.78, 5) is 7.90. The molecule has 0 saturated carbocycles. The van der Waals surface area contributed by atoms with Crippen LogP contribution in [-0.2, 0) is 6.42 Å². The SMILES string of the molecule is N=C(N)c1ccc2nc(SCCc3ccc(OC4CCNCC4)cc3)[nH]c2c1. The van der Waals surface area contributed by atoms with Crippen molar-refractivity contribution < 1.29 is 4.74 Å². The average Bonchev–Trinajstić information content (AvgIpc) is 3.12. The van der Waals surface area contributed by atoms with E-state index in [4.69, 9.17) is 15.9 Å². The Morgan fingerprint density at radius 1 is 1.18 bits per heavy atom. The van der Waals surface area contributed by atoms with Crippen molar-refractivity contribution in [3.8, 4) is 5.75 Å². The quantitative estimate of drug-likeness (QED) is 0.279. The molecule has 1 fully saturated rings. The van der Waals surface area contributed by atoms with Gasteiger partial charge in [-0.05, 0) is 68.2 Å². The number of nitrogen functional groups attached to an aromatic ring is 1. The second-order valence-corrected chi connectivity index (χ2v) is 8.08. The number of amidine groups is 1. The third-order valence-corrected chi connectivity index (χ3v) is 5.79. The smallest absolute Gasteiger partial charge is 0.166 e. The number of ether oxygens (including phenoxy) is 1. The molecule has 0 atom stereocenters. The van der Waals surface area contributed by atoms with Crippen molar-refractivity contribution in [2.24, 2.45) is 5.73 Å². The zero-order chi connectivity index (χ0) is 19.3. The number of aromatic amines is 1. The van der Waals surface area contributed by atoms with Crippen molar-refractivity contribution in [2.45, 2.75) is 30.5 Å². The maximum Gasteiger partial charge on any atom is 0.166 e. The van der Waals surface area contributed by atoms with Crippen LogP contribution in [0.5, 0.6) is 5.75 Å². The van der Waals surface area contributed by atoms with Crippen LogP contribution in [0.1, 0.15) is 24.0 Å². The number of fused-ring (bicyclic) bond motifs is 1. The monoisotopic (exact) mass is 395 g/mol. The fourth-order valence-electron chi connectivity index (χ4n) is 3.33. The van der Waals surface area contributed by atoms with Gasteiger partial charge in [-0.1, -0.05) is 23.9 Å². The number of aromatic nitrogens is 2. The largest absolute Gasteiger partial charge is 0.490 e. The molecule has 5 N–H and O–H groups in total. The van der Waals surface area contributed by atoms with Gasteiger partial charge in [0.25, 0.3) is 0 Å². The average molecular weight is 396 g/mol. The van der Waals surface area contributed by atoms with Crippen LogP contribution in [0.15, 0.2) is 47.6 Å². The number of nitrogens with one attached hydrogen (secondary N) is 3. The van der Waals surface area contributed by atoms with E-state index >= 15 is 0 Å². The minimum Gasteiger partial charge on any atom is -0.490 e. The Kier molecular flexibility index (Phi) is 5.83. The summed E-state index contributed by atoms with van der Waals surface area (Å²) in [6, 6.07) is 14.0. The zero-order valence-electron chi connectivity index (χ0n) is 15.7. The van der Waals surface area contributed by atoms with E-state index in [-0.39, 0.29) is 5.84 Å². The van der Waals surface area contributed by atoms with E-state index in [2.05, 4.69) is 39.6 Å². The van der Waals surface area contributed by atoms with Crippen LogP contribution in [0.25, 0.3) is 11.0 Å². The number of hydrogen-bond donors (Lipinski definition) is 4. The second kappa shape index (κ2) is 8.67. The van der Waals surface area contributed by atoms with Crippen LogP contribution >= 0.6 is 11.8 Å². The zero-order valence-corrected chi connectivity index (χ0v) is 16.5. The molecule has 2 heterocycles.